The first-order valence-electron chi connectivity index (χ1n) is 11.9. The van der Waals surface area contributed by atoms with Crippen molar-refractivity contribution in [3.05, 3.63) is 65.0 Å². The van der Waals surface area contributed by atoms with Crippen LogP contribution in [0.25, 0.3) is 11.4 Å². The number of benzene rings is 2. The minimum Gasteiger partial charge on any atom is -0.350 e. The first-order chi connectivity index (χ1) is 16.9. The number of carbonyl (C=O) groups is 2. The maximum Gasteiger partial charge on any atom is 0.253 e. The number of nitrogens with one attached hydrogen (secondary N) is 2. The minimum absolute atomic E-state index is 0.0590. The van der Waals surface area contributed by atoms with Crippen LogP contribution < -0.4 is 10.6 Å². The molecule has 0 saturated carbocycles. The molecule has 4 rings (SSSR count). The van der Waals surface area contributed by atoms with Crippen molar-refractivity contribution in [2.24, 2.45) is 5.92 Å². The van der Waals surface area contributed by atoms with Crippen LogP contribution in [0.4, 0.5) is 5.69 Å². The van der Waals surface area contributed by atoms with Gasteiger partial charge in [0.2, 0.25) is 17.6 Å². The van der Waals surface area contributed by atoms with E-state index in [1.165, 1.54) is 0 Å². The highest BCUT2D eigenvalue weighted by molar-refractivity contribution is 6.30. The standard InChI is InChI=1S/C26H30ClN5O3/c1-3-17(2)28-26(34)21-6-4-5-7-22(21)29-25(33)19-12-14-32(15-13-19)16-23-30-24(31-35-23)18-8-10-20(27)11-9-18/h4-11,17,19H,3,12-16H2,1-2H3,(H,28,34)(H,29,33). The summed E-state index contributed by atoms with van der Waals surface area (Å²) >= 11 is 5.94. The summed E-state index contributed by atoms with van der Waals surface area (Å²) < 4.78 is 5.42. The van der Waals surface area contributed by atoms with Crippen LogP contribution in [0, 0.1) is 5.92 Å². The quantitative estimate of drug-likeness (QED) is 0.467. The lowest BCUT2D eigenvalue weighted by Gasteiger charge is -2.30. The van der Waals surface area contributed by atoms with Gasteiger partial charge < -0.3 is 15.2 Å². The molecule has 3 aromatic rings. The third-order valence-corrected chi connectivity index (χ3v) is 6.56. The Morgan fingerprint density at radius 2 is 1.86 bits per heavy atom. The number of amides is 2. The fourth-order valence-electron chi connectivity index (χ4n) is 4.01. The van der Waals surface area contributed by atoms with E-state index in [0.29, 0.717) is 47.4 Å². The Morgan fingerprint density at radius 3 is 2.57 bits per heavy atom. The number of hydrogen-bond acceptors (Lipinski definition) is 6. The van der Waals surface area contributed by atoms with E-state index in [9.17, 15) is 9.59 Å². The number of halogens is 1. The van der Waals surface area contributed by atoms with Crippen LogP contribution >= 0.6 is 11.6 Å². The Labute approximate surface area is 210 Å². The van der Waals surface area contributed by atoms with Crippen molar-refractivity contribution in [2.75, 3.05) is 18.4 Å². The fraction of sp³-hybridized carbons (Fsp3) is 0.385. The summed E-state index contributed by atoms with van der Waals surface area (Å²) in [5.74, 6) is 0.712. The van der Waals surface area contributed by atoms with E-state index >= 15 is 0 Å². The molecule has 1 aromatic heterocycles. The lowest BCUT2D eigenvalue weighted by molar-refractivity contribution is -0.121. The fourth-order valence-corrected chi connectivity index (χ4v) is 4.13. The first kappa shape index (κ1) is 24.9. The van der Waals surface area contributed by atoms with Crippen LogP contribution in [-0.2, 0) is 11.3 Å². The van der Waals surface area contributed by atoms with Gasteiger partial charge in [-0.2, -0.15) is 4.98 Å². The Balaban J connectivity index is 1.30. The second-order valence-electron chi connectivity index (χ2n) is 8.89. The van der Waals surface area contributed by atoms with Crippen molar-refractivity contribution >= 4 is 29.1 Å². The van der Waals surface area contributed by atoms with Crippen LogP contribution in [-0.4, -0.2) is 46.0 Å². The molecule has 0 radical (unpaired) electrons. The second kappa shape index (κ2) is 11.5. The van der Waals surface area contributed by atoms with Crippen molar-refractivity contribution in [1.29, 1.82) is 0 Å². The van der Waals surface area contributed by atoms with Gasteiger partial charge in [-0.25, -0.2) is 0 Å². The van der Waals surface area contributed by atoms with Gasteiger partial charge in [0, 0.05) is 22.5 Å². The third-order valence-electron chi connectivity index (χ3n) is 6.31. The van der Waals surface area contributed by atoms with Crippen LogP contribution in [0.1, 0.15) is 49.4 Å². The zero-order chi connectivity index (χ0) is 24.8. The van der Waals surface area contributed by atoms with Crippen molar-refractivity contribution in [3.8, 4) is 11.4 Å². The Bertz CT molecular complexity index is 1160. The van der Waals surface area contributed by atoms with Gasteiger partial charge in [-0.15, -0.1) is 0 Å². The van der Waals surface area contributed by atoms with Crippen molar-refractivity contribution in [2.45, 2.75) is 45.7 Å². The van der Waals surface area contributed by atoms with E-state index < -0.39 is 0 Å². The molecule has 0 spiro atoms. The van der Waals surface area contributed by atoms with Gasteiger partial charge in [0.25, 0.3) is 5.91 Å². The van der Waals surface area contributed by atoms with Crippen LogP contribution in [0.5, 0.6) is 0 Å². The number of likely N-dealkylation sites (tertiary alicyclic amines) is 1. The SMILES string of the molecule is CCC(C)NC(=O)c1ccccc1NC(=O)C1CCN(Cc2nc(-c3ccc(Cl)cc3)no2)CC1. The average Bonchev–Trinajstić information content (AvgIpc) is 3.33. The maximum absolute atomic E-state index is 13.0. The number of anilines is 1. The Morgan fingerprint density at radius 1 is 1.14 bits per heavy atom. The van der Waals surface area contributed by atoms with Crippen molar-refractivity contribution in [1.82, 2.24) is 20.4 Å². The van der Waals surface area contributed by atoms with Gasteiger partial charge in [0.05, 0.1) is 17.8 Å². The highest BCUT2D eigenvalue weighted by Gasteiger charge is 2.27. The second-order valence-corrected chi connectivity index (χ2v) is 9.32. The molecule has 1 saturated heterocycles. The predicted octanol–water partition coefficient (Wildman–Crippen LogP) is 4.77. The van der Waals surface area contributed by atoms with Gasteiger partial charge in [-0.05, 0) is 75.7 Å². The normalized spacial score (nSPS) is 15.5. The molecule has 1 fully saturated rings. The smallest absolute Gasteiger partial charge is 0.253 e. The number of hydrogen-bond donors (Lipinski definition) is 2. The molecule has 184 valence electrons. The van der Waals surface area contributed by atoms with Crippen LogP contribution in [0.3, 0.4) is 0 Å². The monoisotopic (exact) mass is 495 g/mol. The first-order valence-corrected chi connectivity index (χ1v) is 12.3. The molecule has 1 aliphatic heterocycles. The minimum atomic E-state index is -0.178. The zero-order valence-corrected chi connectivity index (χ0v) is 20.7. The summed E-state index contributed by atoms with van der Waals surface area (Å²) in [6.07, 6.45) is 2.27. The Kier molecular flexibility index (Phi) is 8.15. The summed E-state index contributed by atoms with van der Waals surface area (Å²) in [4.78, 5) is 32.3. The van der Waals surface area contributed by atoms with Gasteiger partial charge in [0.15, 0.2) is 0 Å². The topological polar surface area (TPSA) is 100 Å². The summed E-state index contributed by atoms with van der Waals surface area (Å²) in [5, 5.41) is 10.7. The molecule has 8 nitrogen and oxygen atoms in total. The summed E-state index contributed by atoms with van der Waals surface area (Å²) in [6.45, 7) is 6.00. The van der Waals surface area contributed by atoms with E-state index in [1.807, 2.05) is 32.0 Å². The van der Waals surface area contributed by atoms with E-state index in [-0.39, 0.29) is 23.8 Å². The van der Waals surface area contributed by atoms with Crippen LogP contribution in [0.15, 0.2) is 53.1 Å². The molecule has 9 heteroatoms. The number of aromatic nitrogens is 2. The number of nitrogens with zero attached hydrogens (tertiary/aromatic N) is 3. The summed E-state index contributed by atoms with van der Waals surface area (Å²) in [7, 11) is 0. The Hall–Kier alpha value is -3.23. The molecule has 0 aliphatic carbocycles. The third kappa shape index (κ3) is 6.46. The molecule has 2 heterocycles. The number of rotatable bonds is 8. The zero-order valence-electron chi connectivity index (χ0n) is 20.0. The molecule has 2 amide bonds. The molecule has 1 aliphatic rings. The van der Waals surface area contributed by atoms with E-state index in [1.54, 1.807) is 30.3 Å². The summed E-state index contributed by atoms with van der Waals surface area (Å²) in [6, 6.07) is 14.5. The molecule has 2 N–H and O–H groups in total. The van der Waals surface area contributed by atoms with Gasteiger partial charge in [0.1, 0.15) is 0 Å². The molecule has 35 heavy (non-hydrogen) atoms. The largest absolute Gasteiger partial charge is 0.350 e. The summed E-state index contributed by atoms with van der Waals surface area (Å²) in [5.41, 5.74) is 1.87. The molecule has 1 unspecified atom stereocenters. The lowest BCUT2D eigenvalue weighted by atomic mass is 9.95. The van der Waals surface area contributed by atoms with Crippen LogP contribution in [0.2, 0.25) is 5.02 Å². The van der Waals surface area contributed by atoms with E-state index in [2.05, 4.69) is 25.7 Å². The molecular formula is C26H30ClN5O3. The lowest BCUT2D eigenvalue weighted by Crippen LogP contribution is -2.38. The number of para-hydroxylation sites is 1. The number of carbonyl (C=O) groups excluding carboxylic acids is 2. The van der Waals surface area contributed by atoms with Crippen molar-refractivity contribution < 1.29 is 14.1 Å². The molecule has 1 atom stereocenters. The predicted molar refractivity (Wildman–Crippen MR) is 135 cm³/mol. The number of piperidine rings is 1. The van der Waals surface area contributed by atoms with E-state index in [0.717, 1.165) is 25.1 Å². The average molecular weight is 496 g/mol. The molecular weight excluding hydrogens is 466 g/mol. The maximum atomic E-state index is 13.0. The molecule has 0 bridgehead atoms. The van der Waals surface area contributed by atoms with E-state index in [4.69, 9.17) is 16.1 Å². The van der Waals surface area contributed by atoms with Crippen molar-refractivity contribution in [3.63, 3.8) is 0 Å². The highest BCUT2D eigenvalue weighted by atomic mass is 35.5. The molecule has 2 aromatic carbocycles. The highest BCUT2D eigenvalue weighted by Crippen LogP contribution is 2.24. The van der Waals surface area contributed by atoms with Gasteiger partial charge in [-0.1, -0.05) is 35.8 Å². The van der Waals surface area contributed by atoms with Gasteiger partial charge >= 0.3 is 0 Å². The van der Waals surface area contributed by atoms with Gasteiger partial charge in [-0.3, -0.25) is 14.5 Å².